The van der Waals surface area contributed by atoms with Crippen molar-refractivity contribution >= 4 is 28.3 Å². The minimum Gasteiger partial charge on any atom is -0.348 e. The van der Waals surface area contributed by atoms with E-state index in [1.54, 1.807) is 18.2 Å². The molecule has 1 aromatic heterocycles. The lowest BCUT2D eigenvalue weighted by Gasteiger charge is -2.07. The zero-order valence-electron chi connectivity index (χ0n) is 12.3. The first-order valence-corrected chi connectivity index (χ1v) is 6.56. The second-order valence-electron chi connectivity index (χ2n) is 5.15. The molecule has 2 rings (SSSR count). The SMILES string of the molecule is Cc1c(C)n(C)c2ccc(NC(=O)CC(=O)C(F)(F)F)cc12. The van der Waals surface area contributed by atoms with Crippen molar-refractivity contribution in [1.82, 2.24) is 4.57 Å². The molecule has 1 heterocycles. The number of ketones is 1. The van der Waals surface area contributed by atoms with E-state index in [-0.39, 0.29) is 0 Å². The van der Waals surface area contributed by atoms with Gasteiger partial charge in [0.25, 0.3) is 0 Å². The topological polar surface area (TPSA) is 51.1 Å². The van der Waals surface area contributed by atoms with Gasteiger partial charge in [-0.15, -0.1) is 0 Å². The van der Waals surface area contributed by atoms with E-state index in [0.29, 0.717) is 5.69 Å². The Kier molecular flexibility index (Phi) is 4.00. The van der Waals surface area contributed by atoms with E-state index in [0.717, 1.165) is 22.2 Å². The molecule has 0 aliphatic carbocycles. The zero-order chi connectivity index (χ0) is 16.7. The predicted octanol–water partition coefficient (Wildman–Crippen LogP) is 3.26. The molecule has 0 unspecified atom stereocenters. The molecule has 1 aromatic carbocycles. The molecule has 4 nitrogen and oxygen atoms in total. The quantitative estimate of drug-likeness (QED) is 0.885. The molecule has 0 aliphatic rings. The van der Waals surface area contributed by atoms with Gasteiger partial charge >= 0.3 is 6.18 Å². The number of aromatic nitrogens is 1. The number of hydrogen-bond acceptors (Lipinski definition) is 2. The number of benzene rings is 1. The fourth-order valence-corrected chi connectivity index (χ4v) is 2.28. The zero-order valence-corrected chi connectivity index (χ0v) is 12.3. The maximum absolute atomic E-state index is 12.1. The van der Waals surface area contributed by atoms with Crippen LogP contribution in [0.2, 0.25) is 0 Å². The van der Waals surface area contributed by atoms with Crippen molar-refractivity contribution in [2.45, 2.75) is 26.4 Å². The molecule has 118 valence electrons. The van der Waals surface area contributed by atoms with Gasteiger partial charge in [0.05, 0.1) is 6.42 Å². The predicted molar refractivity (Wildman–Crippen MR) is 76.7 cm³/mol. The Morgan fingerprint density at radius 1 is 1.23 bits per heavy atom. The summed E-state index contributed by atoms with van der Waals surface area (Å²) < 4.78 is 38.4. The van der Waals surface area contributed by atoms with Gasteiger partial charge in [0.2, 0.25) is 11.7 Å². The summed E-state index contributed by atoms with van der Waals surface area (Å²) in [5.74, 6) is -3.04. The number of halogens is 3. The van der Waals surface area contributed by atoms with Gasteiger partial charge in [-0.05, 0) is 37.6 Å². The van der Waals surface area contributed by atoms with Crippen LogP contribution in [0.3, 0.4) is 0 Å². The average Bonchev–Trinajstić information content (AvgIpc) is 2.62. The first kappa shape index (κ1) is 16.1. The van der Waals surface area contributed by atoms with Crippen LogP contribution in [0.1, 0.15) is 17.7 Å². The van der Waals surface area contributed by atoms with Crippen molar-refractivity contribution < 1.29 is 22.8 Å². The summed E-state index contributed by atoms with van der Waals surface area (Å²) in [5, 5.41) is 3.23. The summed E-state index contributed by atoms with van der Waals surface area (Å²) in [4.78, 5) is 22.3. The number of nitrogens with zero attached hydrogens (tertiary/aromatic N) is 1. The number of nitrogens with one attached hydrogen (secondary N) is 1. The number of carbonyl (C=O) groups is 2. The van der Waals surface area contributed by atoms with E-state index in [1.165, 1.54) is 0 Å². The minimum absolute atomic E-state index is 0.362. The van der Waals surface area contributed by atoms with Crippen LogP contribution >= 0.6 is 0 Å². The van der Waals surface area contributed by atoms with Gasteiger partial charge in [0, 0.05) is 29.3 Å². The molecule has 0 atom stereocenters. The summed E-state index contributed by atoms with van der Waals surface area (Å²) in [5.41, 5.74) is 3.41. The molecule has 0 saturated carbocycles. The molecule has 0 bridgehead atoms. The highest BCUT2D eigenvalue weighted by Crippen LogP contribution is 2.27. The smallest absolute Gasteiger partial charge is 0.348 e. The normalized spacial score (nSPS) is 11.7. The summed E-state index contributed by atoms with van der Waals surface area (Å²) >= 11 is 0. The maximum atomic E-state index is 12.1. The van der Waals surface area contributed by atoms with Crippen LogP contribution in [0.5, 0.6) is 0 Å². The largest absolute Gasteiger partial charge is 0.450 e. The lowest BCUT2D eigenvalue weighted by Crippen LogP contribution is -2.27. The van der Waals surface area contributed by atoms with Gasteiger partial charge < -0.3 is 9.88 Å². The van der Waals surface area contributed by atoms with Crippen LogP contribution in [0.4, 0.5) is 18.9 Å². The Balaban J connectivity index is 2.21. The molecule has 2 aromatic rings. The van der Waals surface area contributed by atoms with Crippen LogP contribution in [0, 0.1) is 13.8 Å². The Labute approximate surface area is 124 Å². The number of amides is 1. The number of aryl methyl sites for hydroxylation is 2. The molecule has 1 amide bonds. The molecule has 0 radical (unpaired) electrons. The molecule has 0 aliphatic heterocycles. The van der Waals surface area contributed by atoms with Gasteiger partial charge in [0.15, 0.2) is 0 Å². The van der Waals surface area contributed by atoms with Crippen molar-refractivity contribution in [1.29, 1.82) is 0 Å². The molecule has 1 N–H and O–H groups in total. The number of anilines is 1. The van der Waals surface area contributed by atoms with Crippen LogP contribution < -0.4 is 5.32 Å². The molecular formula is C15H15F3N2O2. The fraction of sp³-hybridized carbons (Fsp3) is 0.333. The summed E-state index contributed by atoms with van der Waals surface area (Å²) in [7, 11) is 1.91. The monoisotopic (exact) mass is 312 g/mol. The molecule has 22 heavy (non-hydrogen) atoms. The van der Waals surface area contributed by atoms with Crippen molar-refractivity contribution in [2.75, 3.05) is 5.32 Å². The van der Waals surface area contributed by atoms with E-state index in [9.17, 15) is 22.8 Å². The van der Waals surface area contributed by atoms with Crippen LogP contribution in [0.25, 0.3) is 10.9 Å². The summed E-state index contributed by atoms with van der Waals surface area (Å²) in [6, 6.07) is 5.06. The van der Waals surface area contributed by atoms with Crippen LogP contribution in [-0.4, -0.2) is 22.4 Å². The standard InChI is InChI=1S/C15H15F3N2O2/c1-8-9(2)20(3)12-5-4-10(6-11(8)12)19-14(22)7-13(21)15(16,17)18/h4-6H,7H2,1-3H3,(H,19,22). The van der Waals surface area contributed by atoms with E-state index in [4.69, 9.17) is 0 Å². The second-order valence-corrected chi connectivity index (χ2v) is 5.15. The average molecular weight is 312 g/mol. The Hall–Kier alpha value is -2.31. The highest BCUT2D eigenvalue weighted by atomic mass is 19.4. The lowest BCUT2D eigenvalue weighted by molar-refractivity contribution is -0.171. The molecule has 7 heteroatoms. The van der Waals surface area contributed by atoms with E-state index in [2.05, 4.69) is 5.32 Å². The van der Waals surface area contributed by atoms with Crippen LogP contribution in [0.15, 0.2) is 18.2 Å². The number of alkyl halides is 3. The van der Waals surface area contributed by atoms with Gasteiger partial charge in [-0.25, -0.2) is 0 Å². The third-order valence-electron chi connectivity index (χ3n) is 3.73. The van der Waals surface area contributed by atoms with Gasteiger partial charge in [-0.1, -0.05) is 0 Å². The number of rotatable bonds is 3. The molecular weight excluding hydrogens is 297 g/mol. The van der Waals surface area contributed by atoms with Crippen LogP contribution in [-0.2, 0) is 16.6 Å². The van der Waals surface area contributed by atoms with Crippen molar-refractivity contribution in [3.63, 3.8) is 0 Å². The maximum Gasteiger partial charge on any atom is 0.450 e. The number of Topliss-reactive ketones (excluding diaryl/α,β-unsaturated/α-hetero) is 1. The fourth-order valence-electron chi connectivity index (χ4n) is 2.28. The Morgan fingerprint density at radius 3 is 2.45 bits per heavy atom. The summed E-state index contributed by atoms with van der Waals surface area (Å²) in [6.45, 7) is 3.88. The number of carbonyl (C=O) groups excluding carboxylic acids is 2. The van der Waals surface area contributed by atoms with Crippen molar-refractivity contribution in [2.24, 2.45) is 7.05 Å². The van der Waals surface area contributed by atoms with Crippen molar-refractivity contribution in [3.05, 3.63) is 29.5 Å². The minimum atomic E-state index is -4.99. The second kappa shape index (κ2) is 5.47. The number of fused-ring (bicyclic) bond motifs is 1. The van der Waals surface area contributed by atoms with Gasteiger partial charge in [0.1, 0.15) is 0 Å². The molecule has 0 spiro atoms. The van der Waals surface area contributed by atoms with Gasteiger partial charge in [-0.2, -0.15) is 13.2 Å². The summed E-state index contributed by atoms with van der Waals surface area (Å²) in [6.07, 6.45) is -6.21. The Morgan fingerprint density at radius 2 is 1.86 bits per heavy atom. The third kappa shape index (κ3) is 2.98. The highest BCUT2D eigenvalue weighted by molar-refractivity contribution is 6.06. The lowest BCUT2D eigenvalue weighted by atomic mass is 10.1. The van der Waals surface area contributed by atoms with Crippen molar-refractivity contribution in [3.8, 4) is 0 Å². The van der Waals surface area contributed by atoms with E-state index in [1.807, 2.05) is 25.5 Å². The van der Waals surface area contributed by atoms with E-state index >= 15 is 0 Å². The highest BCUT2D eigenvalue weighted by Gasteiger charge is 2.39. The first-order chi connectivity index (χ1) is 10.1. The molecule has 0 saturated heterocycles. The first-order valence-electron chi connectivity index (χ1n) is 6.56. The molecule has 0 fully saturated rings. The van der Waals surface area contributed by atoms with E-state index < -0.39 is 24.3 Å². The third-order valence-corrected chi connectivity index (χ3v) is 3.73. The van der Waals surface area contributed by atoms with Gasteiger partial charge in [-0.3, -0.25) is 9.59 Å². The Bertz CT molecular complexity index is 760. The number of hydrogen-bond donors (Lipinski definition) is 1.